The van der Waals surface area contributed by atoms with Crippen LogP contribution in [0.15, 0.2) is 60.9 Å². The number of hydrogen-bond donors (Lipinski definition) is 2. The Labute approximate surface area is 233 Å². The molecule has 2 aromatic rings. The van der Waals surface area contributed by atoms with Crippen molar-refractivity contribution in [1.29, 1.82) is 0 Å². The molecule has 8 atom stereocenters. The van der Waals surface area contributed by atoms with Gasteiger partial charge in [0, 0.05) is 35.7 Å². The molecule has 204 valence electrons. The Morgan fingerprint density at radius 1 is 1.15 bits per heavy atom. The predicted octanol–water partition coefficient (Wildman–Crippen LogP) is 3.97. The number of benzene rings is 1. The molecule has 2 saturated heterocycles. The van der Waals surface area contributed by atoms with E-state index in [4.69, 9.17) is 16.3 Å². The maximum absolute atomic E-state index is 14.1. The van der Waals surface area contributed by atoms with E-state index in [1.54, 1.807) is 47.6 Å². The highest BCUT2D eigenvalue weighted by molar-refractivity contribution is 6.30. The molecule has 1 aromatic heterocycles. The second-order valence-electron chi connectivity index (χ2n) is 11.4. The number of likely N-dealkylation sites (tertiary alicyclic amines) is 1. The van der Waals surface area contributed by atoms with Crippen LogP contribution in [0.25, 0.3) is 0 Å². The first-order valence-corrected chi connectivity index (χ1v) is 14.1. The van der Waals surface area contributed by atoms with E-state index in [0.717, 1.165) is 24.8 Å². The molecule has 0 radical (unpaired) electrons. The largest absolute Gasteiger partial charge is 0.359 e. The molecule has 0 unspecified atom stereocenters. The van der Waals surface area contributed by atoms with E-state index < -0.39 is 29.6 Å². The van der Waals surface area contributed by atoms with E-state index in [0.29, 0.717) is 22.5 Å². The molecule has 1 spiro atoms. The summed E-state index contributed by atoms with van der Waals surface area (Å²) in [6, 6.07) is 9.64. The number of carbonyl (C=O) groups excluding carboxylic acids is 3. The second kappa shape index (κ2) is 10.1. The van der Waals surface area contributed by atoms with Crippen LogP contribution in [0.5, 0.6) is 0 Å². The van der Waals surface area contributed by atoms with E-state index in [-0.39, 0.29) is 30.3 Å². The molecule has 3 aliphatic heterocycles. The summed E-state index contributed by atoms with van der Waals surface area (Å²) in [7, 11) is 0. The number of rotatable bonds is 6. The van der Waals surface area contributed by atoms with Gasteiger partial charge in [-0.05, 0) is 54.2 Å². The summed E-state index contributed by atoms with van der Waals surface area (Å²) in [5.74, 6) is -1.54. The zero-order valence-electron chi connectivity index (χ0n) is 22.0. The summed E-state index contributed by atoms with van der Waals surface area (Å²) in [6.45, 7) is 4.60. The molecule has 2 bridgehead atoms. The van der Waals surface area contributed by atoms with Gasteiger partial charge in [0.15, 0.2) is 0 Å². The van der Waals surface area contributed by atoms with Crippen molar-refractivity contribution in [3.63, 3.8) is 0 Å². The number of halogens is 1. The summed E-state index contributed by atoms with van der Waals surface area (Å²) < 4.78 is 6.45. The van der Waals surface area contributed by atoms with E-state index in [1.165, 1.54) is 0 Å². The zero-order valence-corrected chi connectivity index (χ0v) is 22.8. The topological polar surface area (TPSA) is 101 Å². The number of nitrogens with one attached hydrogen (secondary N) is 2. The van der Waals surface area contributed by atoms with E-state index in [1.807, 2.05) is 18.2 Å². The Kier molecular flexibility index (Phi) is 6.71. The van der Waals surface area contributed by atoms with Crippen molar-refractivity contribution in [2.45, 2.75) is 63.4 Å². The van der Waals surface area contributed by atoms with Crippen molar-refractivity contribution in [3.05, 3.63) is 71.5 Å². The molecular weight excluding hydrogens is 516 g/mol. The van der Waals surface area contributed by atoms with Gasteiger partial charge in [-0.15, -0.1) is 0 Å². The molecule has 1 saturated carbocycles. The molecule has 39 heavy (non-hydrogen) atoms. The average molecular weight is 549 g/mol. The number of carbonyl (C=O) groups is 3. The Balaban J connectivity index is 1.32. The van der Waals surface area contributed by atoms with Crippen LogP contribution in [0.1, 0.15) is 38.7 Å². The number of nitrogens with zero attached hydrogens (tertiary/aromatic N) is 2. The molecule has 3 fully saturated rings. The molecule has 9 heteroatoms. The average Bonchev–Trinajstić information content (AvgIpc) is 3.56. The summed E-state index contributed by atoms with van der Waals surface area (Å²) >= 11 is 6.00. The lowest BCUT2D eigenvalue weighted by Crippen LogP contribution is -2.57. The highest BCUT2D eigenvalue weighted by Gasteiger charge is 2.72. The van der Waals surface area contributed by atoms with Crippen LogP contribution < -0.4 is 10.6 Å². The molecule has 1 aromatic carbocycles. The van der Waals surface area contributed by atoms with Crippen molar-refractivity contribution in [1.82, 2.24) is 15.2 Å². The van der Waals surface area contributed by atoms with Gasteiger partial charge in [0.05, 0.1) is 17.9 Å². The summed E-state index contributed by atoms with van der Waals surface area (Å²) in [4.78, 5) is 47.6. The number of ether oxygens (including phenoxy) is 1. The molecule has 1 aliphatic carbocycles. The zero-order chi connectivity index (χ0) is 27.3. The quantitative estimate of drug-likeness (QED) is 0.532. The minimum atomic E-state index is -1.21. The van der Waals surface area contributed by atoms with Crippen LogP contribution in [0.2, 0.25) is 5.02 Å². The van der Waals surface area contributed by atoms with E-state index >= 15 is 0 Å². The first-order valence-electron chi connectivity index (χ1n) is 13.7. The lowest BCUT2D eigenvalue weighted by atomic mass is 9.73. The van der Waals surface area contributed by atoms with Crippen molar-refractivity contribution in [2.75, 3.05) is 5.32 Å². The van der Waals surface area contributed by atoms with Crippen LogP contribution in [-0.4, -0.2) is 51.4 Å². The van der Waals surface area contributed by atoms with E-state index in [9.17, 15) is 14.4 Å². The van der Waals surface area contributed by atoms with Gasteiger partial charge in [0.25, 0.3) is 0 Å². The van der Waals surface area contributed by atoms with Gasteiger partial charge in [0.2, 0.25) is 17.7 Å². The molecule has 4 heterocycles. The fourth-order valence-corrected chi connectivity index (χ4v) is 7.06. The van der Waals surface area contributed by atoms with Crippen LogP contribution >= 0.6 is 11.6 Å². The standard InChI is InChI=1S/C30H33ClN4O4/c1-17-5-3-7-22(18(17)2)34-28(37)26-30-13-12-23(39-30)24(27(36)33-21-10-8-20(31)9-11-21)25(30)29(38)35(26)16-19-6-4-14-32-15-19/h4,6,8-15,17-18,22-26H,3,5,7,16H2,1-2H3,(H,33,36)(H,34,37)/t17-,18-,22+,23-,24-,25-,26+,30+/m1/s1. The molecule has 3 amide bonds. The summed E-state index contributed by atoms with van der Waals surface area (Å²) in [5.41, 5.74) is 0.178. The Bertz CT molecular complexity index is 1300. The van der Waals surface area contributed by atoms with Gasteiger partial charge in [-0.2, -0.15) is 0 Å². The third kappa shape index (κ3) is 4.43. The molecular formula is C30H33ClN4O4. The maximum atomic E-state index is 14.1. The number of anilines is 1. The minimum absolute atomic E-state index is 0.0265. The molecule has 6 rings (SSSR count). The lowest BCUT2D eigenvalue weighted by Gasteiger charge is -2.38. The van der Waals surface area contributed by atoms with Crippen molar-refractivity contribution < 1.29 is 19.1 Å². The van der Waals surface area contributed by atoms with Gasteiger partial charge in [0.1, 0.15) is 11.6 Å². The normalized spacial score (nSPS) is 34.7. The molecule has 4 aliphatic rings. The minimum Gasteiger partial charge on any atom is -0.359 e. The van der Waals surface area contributed by atoms with E-state index in [2.05, 4.69) is 29.5 Å². The smallest absolute Gasteiger partial charge is 0.246 e. The van der Waals surface area contributed by atoms with Crippen molar-refractivity contribution >= 4 is 35.0 Å². The fourth-order valence-electron chi connectivity index (χ4n) is 6.93. The van der Waals surface area contributed by atoms with Crippen LogP contribution in [-0.2, 0) is 25.7 Å². The number of hydrogen-bond acceptors (Lipinski definition) is 5. The fraction of sp³-hybridized carbons (Fsp3) is 0.467. The number of amides is 3. The number of aromatic nitrogens is 1. The predicted molar refractivity (Wildman–Crippen MR) is 146 cm³/mol. The first-order chi connectivity index (χ1) is 18.8. The Morgan fingerprint density at radius 3 is 2.69 bits per heavy atom. The van der Waals surface area contributed by atoms with Crippen molar-refractivity contribution in [2.24, 2.45) is 23.7 Å². The van der Waals surface area contributed by atoms with Gasteiger partial charge >= 0.3 is 0 Å². The lowest BCUT2D eigenvalue weighted by molar-refractivity contribution is -0.142. The molecule has 8 nitrogen and oxygen atoms in total. The van der Waals surface area contributed by atoms with Gasteiger partial charge in [-0.1, -0.05) is 56.5 Å². The summed E-state index contributed by atoms with van der Waals surface area (Å²) in [5, 5.41) is 6.76. The van der Waals surface area contributed by atoms with Gasteiger partial charge < -0.3 is 20.3 Å². The number of pyridine rings is 1. The third-order valence-corrected chi connectivity index (χ3v) is 9.40. The monoisotopic (exact) mass is 548 g/mol. The SMILES string of the molecule is C[C@@H]1[C@H](C)CCC[C@@H]1NC(=O)[C@@H]1N(Cc2cccnc2)C(=O)[C@H]2[C@H](C(=O)Nc3ccc(Cl)cc3)[C@H]3C=C[C@@]12O3. The summed E-state index contributed by atoms with van der Waals surface area (Å²) in [6.07, 6.45) is 9.55. The first kappa shape index (κ1) is 26.0. The Hall–Kier alpha value is -3.23. The molecule has 2 N–H and O–H groups in total. The van der Waals surface area contributed by atoms with Crippen LogP contribution in [0, 0.1) is 23.7 Å². The third-order valence-electron chi connectivity index (χ3n) is 9.15. The Morgan fingerprint density at radius 2 is 1.95 bits per heavy atom. The highest BCUT2D eigenvalue weighted by Crippen LogP contribution is 2.55. The van der Waals surface area contributed by atoms with Crippen molar-refractivity contribution in [3.8, 4) is 0 Å². The van der Waals surface area contributed by atoms with Crippen LogP contribution in [0.4, 0.5) is 5.69 Å². The van der Waals surface area contributed by atoms with Gasteiger partial charge in [-0.25, -0.2) is 0 Å². The number of fused-ring (bicyclic) bond motifs is 1. The highest BCUT2D eigenvalue weighted by atomic mass is 35.5. The second-order valence-corrected chi connectivity index (χ2v) is 11.8. The van der Waals surface area contributed by atoms with Gasteiger partial charge in [-0.3, -0.25) is 19.4 Å². The van der Waals surface area contributed by atoms with Crippen LogP contribution in [0.3, 0.4) is 0 Å². The maximum Gasteiger partial charge on any atom is 0.246 e.